The van der Waals surface area contributed by atoms with Gasteiger partial charge in [0.05, 0.1) is 0 Å². The minimum Gasteiger partial charge on any atom is -0.484 e. The van der Waals surface area contributed by atoms with Crippen molar-refractivity contribution in [2.24, 2.45) is 11.1 Å². The van der Waals surface area contributed by atoms with Crippen molar-refractivity contribution < 1.29 is 9.53 Å². The Kier molecular flexibility index (Phi) is 5.10. The van der Waals surface area contributed by atoms with Gasteiger partial charge in [0, 0.05) is 11.7 Å². The molecule has 0 saturated heterocycles. The van der Waals surface area contributed by atoms with Gasteiger partial charge in [0.15, 0.2) is 6.61 Å². The summed E-state index contributed by atoms with van der Waals surface area (Å²) in [6, 6.07) is 8.26. The number of ether oxygens (including phenoxy) is 1. The van der Waals surface area contributed by atoms with Crippen LogP contribution in [0.25, 0.3) is 0 Å². The number of carbonyl (C=O) groups is 1. The maximum Gasteiger partial charge on any atom is 0.255 e. The van der Waals surface area contributed by atoms with Crippen LogP contribution in [0.3, 0.4) is 0 Å². The van der Waals surface area contributed by atoms with E-state index in [4.69, 9.17) is 10.5 Å². The average Bonchev–Trinajstić information content (AvgIpc) is 2.59. The zero-order valence-corrected chi connectivity index (χ0v) is 13.0. The number of rotatable bonds is 5. The van der Waals surface area contributed by atoms with Gasteiger partial charge in [0.25, 0.3) is 5.91 Å². The van der Waals surface area contributed by atoms with Crippen molar-refractivity contribution in [3.05, 3.63) is 24.3 Å². The lowest BCUT2D eigenvalue weighted by atomic mass is 9.85. The lowest BCUT2D eigenvalue weighted by molar-refractivity contribution is -0.119. The first-order valence-electron chi connectivity index (χ1n) is 7.72. The van der Waals surface area contributed by atoms with Gasteiger partial charge < -0.3 is 15.8 Å². The maximum absolute atomic E-state index is 10.7. The molecule has 116 valence electrons. The molecule has 0 spiro atoms. The normalized spacial score (nSPS) is 21.3. The number of amides is 1. The summed E-state index contributed by atoms with van der Waals surface area (Å²) in [6.45, 7) is 4.64. The average molecular weight is 290 g/mol. The molecule has 3 N–H and O–H groups in total. The third-order valence-electron chi connectivity index (χ3n) is 4.18. The summed E-state index contributed by atoms with van der Waals surface area (Å²) < 4.78 is 5.26. The van der Waals surface area contributed by atoms with E-state index in [0.717, 1.165) is 5.69 Å². The molecule has 0 aromatic heterocycles. The van der Waals surface area contributed by atoms with Gasteiger partial charge in [-0.15, -0.1) is 0 Å². The SMILES string of the molecule is CC1(C)CCCC(Nc2ccc(OCC(N)=O)cc2)CC1. The predicted octanol–water partition coefficient (Wildman–Crippen LogP) is 3.32. The van der Waals surface area contributed by atoms with Crippen molar-refractivity contribution in [1.82, 2.24) is 0 Å². The van der Waals surface area contributed by atoms with Crippen molar-refractivity contribution >= 4 is 11.6 Å². The first kappa shape index (κ1) is 15.7. The topological polar surface area (TPSA) is 64.3 Å². The molecule has 2 rings (SSSR count). The molecule has 1 atom stereocenters. The van der Waals surface area contributed by atoms with Gasteiger partial charge in [-0.05, 0) is 55.4 Å². The molecule has 0 aliphatic heterocycles. The van der Waals surface area contributed by atoms with Crippen molar-refractivity contribution in [2.75, 3.05) is 11.9 Å². The third kappa shape index (κ3) is 5.29. The Morgan fingerprint density at radius 1 is 1.29 bits per heavy atom. The minimum atomic E-state index is -0.460. The molecular formula is C17H26N2O2. The fourth-order valence-electron chi connectivity index (χ4n) is 2.84. The number of benzene rings is 1. The lowest BCUT2D eigenvalue weighted by Crippen LogP contribution is -2.20. The molecule has 4 heteroatoms. The molecule has 0 radical (unpaired) electrons. The number of anilines is 1. The molecule has 0 heterocycles. The largest absolute Gasteiger partial charge is 0.484 e. The van der Waals surface area contributed by atoms with E-state index in [-0.39, 0.29) is 6.61 Å². The van der Waals surface area contributed by atoms with Crippen molar-refractivity contribution in [2.45, 2.75) is 52.0 Å². The molecule has 1 aromatic carbocycles. The Morgan fingerprint density at radius 3 is 2.67 bits per heavy atom. The van der Waals surface area contributed by atoms with Gasteiger partial charge in [0.2, 0.25) is 0 Å². The van der Waals surface area contributed by atoms with Crippen LogP contribution >= 0.6 is 0 Å². The van der Waals surface area contributed by atoms with Gasteiger partial charge in [-0.1, -0.05) is 20.3 Å². The molecule has 0 bridgehead atoms. The van der Waals surface area contributed by atoms with Gasteiger partial charge in [-0.3, -0.25) is 4.79 Å². The van der Waals surface area contributed by atoms with E-state index < -0.39 is 5.91 Å². The Balaban J connectivity index is 1.86. The molecule has 1 aliphatic rings. The Bertz CT molecular complexity index is 468. The number of nitrogens with two attached hydrogens (primary N) is 1. The van der Waals surface area contributed by atoms with Crippen LogP contribution in [0, 0.1) is 5.41 Å². The Hall–Kier alpha value is -1.71. The molecule has 1 saturated carbocycles. The summed E-state index contributed by atoms with van der Waals surface area (Å²) in [5.74, 6) is 0.208. The molecule has 21 heavy (non-hydrogen) atoms. The Labute approximate surface area is 127 Å². The smallest absolute Gasteiger partial charge is 0.255 e. The zero-order chi connectivity index (χ0) is 15.3. The van der Waals surface area contributed by atoms with E-state index in [1.807, 2.05) is 24.3 Å². The fraction of sp³-hybridized carbons (Fsp3) is 0.588. The molecule has 1 unspecified atom stereocenters. The number of carbonyl (C=O) groups excluding carboxylic acids is 1. The van der Waals surface area contributed by atoms with Gasteiger partial charge in [-0.25, -0.2) is 0 Å². The monoisotopic (exact) mass is 290 g/mol. The number of nitrogens with one attached hydrogen (secondary N) is 1. The molecule has 4 nitrogen and oxygen atoms in total. The first-order valence-corrected chi connectivity index (χ1v) is 7.72. The highest BCUT2D eigenvalue weighted by Gasteiger charge is 2.24. The molecule has 1 aliphatic carbocycles. The molecule has 1 amide bonds. The summed E-state index contributed by atoms with van der Waals surface area (Å²) in [6.07, 6.45) is 6.30. The number of hydrogen-bond acceptors (Lipinski definition) is 3. The zero-order valence-electron chi connectivity index (χ0n) is 13.0. The number of hydrogen-bond donors (Lipinski definition) is 2. The predicted molar refractivity (Wildman–Crippen MR) is 85.4 cm³/mol. The van der Waals surface area contributed by atoms with Crippen LogP contribution < -0.4 is 15.8 Å². The van der Waals surface area contributed by atoms with Crippen molar-refractivity contribution in [1.29, 1.82) is 0 Å². The standard InChI is InChI=1S/C17H26N2O2/c1-17(2)10-3-4-13(9-11-17)19-14-5-7-15(8-6-14)21-12-16(18)20/h5-8,13,19H,3-4,9-12H2,1-2H3,(H2,18,20). The van der Waals surface area contributed by atoms with Crippen LogP contribution in [-0.4, -0.2) is 18.6 Å². The highest BCUT2D eigenvalue weighted by molar-refractivity contribution is 5.75. The fourth-order valence-corrected chi connectivity index (χ4v) is 2.84. The van der Waals surface area contributed by atoms with E-state index in [9.17, 15) is 4.79 Å². The van der Waals surface area contributed by atoms with Crippen LogP contribution in [-0.2, 0) is 4.79 Å². The van der Waals surface area contributed by atoms with E-state index in [0.29, 0.717) is 17.2 Å². The van der Waals surface area contributed by atoms with Gasteiger partial charge in [0.1, 0.15) is 5.75 Å². The van der Waals surface area contributed by atoms with Crippen LogP contribution in [0.4, 0.5) is 5.69 Å². The minimum absolute atomic E-state index is 0.0789. The van der Waals surface area contributed by atoms with Gasteiger partial charge >= 0.3 is 0 Å². The van der Waals surface area contributed by atoms with E-state index in [1.165, 1.54) is 32.1 Å². The van der Waals surface area contributed by atoms with Crippen molar-refractivity contribution in [3.8, 4) is 5.75 Å². The molecule has 1 aromatic rings. The maximum atomic E-state index is 10.7. The molecule has 1 fully saturated rings. The van der Waals surface area contributed by atoms with Crippen LogP contribution in [0.1, 0.15) is 46.0 Å². The van der Waals surface area contributed by atoms with E-state index in [2.05, 4.69) is 19.2 Å². The number of primary amides is 1. The van der Waals surface area contributed by atoms with Crippen LogP contribution in [0.5, 0.6) is 5.75 Å². The molecular weight excluding hydrogens is 264 g/mol. The lowest BCUT2D eigenvalue weighted by Gasteiger charge is -2.22. The summed E-state index contributed by atoms with van der Waals surface area (Å²) in [4.78, 5) is 10.7. The summed E-state index contributed by atoms with van der Waals surface area (Å²) in [5.41, 5.74) is 6.63. The second kappa shape index (κ2) is 6.83. The van der Waals surface area contributed by atoms with Crippen LogP contribution in [0.15, 0.2) is 24.3 Å². The Morgan fingerprint density at radius 2 is 2.00 bits per heavy atom. The highest BCUT2D eigenvalue weighted by atomic mass is 16.5. The van der Waals surface area contributed by atoms with Crippen molar-refractivity contribution in [3.63, 3.8) is 0 Å². The summed E-state index contributed by atoms with van der Waals surface area (Å²) in [5, 5.41) is 3.60. The highest BCUT2D eigenvalue weighted by Crippen LogP contribution is 2.34. The first-order chi connectivity index (χ1) is 9.94. The summed E-state index contributed by atoms with van der Waals surface area (Å²) >= 11 is 0. The third-order valence-corrected chi connectivity index (χ3v) is 4.18. The summed E-state index contributed by atoms with van der Waals surface area (Å²) in [7, 11) is 0. The van der Waals surface area contributed by atoms with E-state index >= 15 is 0 Å². The van der Waals surface area contributed by atoms with Crippen LogP contribution in [0.2, 0.25) is 0 Å². The second-order valence-electron chi connectivity index (χ2n) is 6.72. The quantitative estimate of drug-likeness (QED) is 0.818. The van der Waals surface area contributed by atoms with Gasteiger partial charge in [-0.2, -0.15) is 0 Å². The van der Waals surface area contributed by atoms with E-state index in [1.54, 1.807) is 0 Å². The second-order valence-corrected chi connectivity index (χ2v) is 6.72.